The molecular formula is C14H18N4O2. The van der Waals surface area contributed by atoms with Gasteiger partial charge < -0.3 is 15.5 Å². The standard InChI is InChI=1S/C14H18N4O2/c19-9-12-11(8-18-5-4-15-7-13(18)20)6-10-2-1-3-16-14(10)17-12/h6,9,15H,1-5,7-8H2,(H,16,17). The van der Waals surface area contributed by atoms with Crippen molar-refractivity contribution in [3.8, 4) is 0 Å². The van der Waals surface area contributed by atoms with Crippen LogP contribution in [-0.4, -0.2) is 48.3 Å². The van der Waals surface area contributed by atoms with Gasteiger partial charge in [0.15, 0.2) is 6.29 Å². The first-order valence-electron chi connectivity index (χ1n) is 6.98. The van der Waals surface area contributed by atoms with Crippen LogP contribution in [0.5, 0.6) is 0 Å². The van der Waals surface area contributed by atoms with Gasteiger partial charge in [0.2, 0.25) is 5.91 Å². The van der Waals surface area contributed by atoms with Gasteiger partial charge in [-0.15, -0.1) is 0 Å². The van der Waals surface area contributed by atoms with E-state index in [9.17, 15) is 9.59 Å². The van der Waals surface area contributed by atoms with E-state index < -0.39 is 0 Å². The van der Waals surface area contributed by atoms with Crippen molar-refractivity contribution >= 4 is 18.0 Å². The van der Waals surface area contributed by atoms with E-state index in [1.165, 1.54) is 0 Å². The highest BCUT2D eigenvalue weighted by molar-refractivity contribution is 5.80. The highest BCUT2D eigenvalue weighted by atomic mass is 16.2. The molecule has 2 aliphatic heterocycles. The highest BCUT2D eigenvalue weighted by Crippen LogP contribution is 2.23. The third kappa shape index (κ3) is 2.51. The number of fused-ring (bicyclic) bond motifs is 1. The Kier molecular flexibility index (Phi) is 3.64. The molecule has 0 spiro atoms. The molecule has 6 heteroatoms. The molecule has 0 radical (unpaired) electrons. The molecule has 3 rings (SSSR count). The quantitative estimate of drug-likeness (QED) is 0.769. The summed E-state index contributed by atoms with van der Waals surface area (Å²) in [7, 11) is 0. The fourth-order valence-electron chi connectivity index (χ4n) is 2.69. The lowest BCUT2D eigenvalue weighted by atomic mass is 10.0. The van der Waals surface area contributed by atoms with E-state index in [4.69, 9.17) is 0 Å². The molecule has 0 bridgehead atoms. The van der Waals surface area contributed by atoms with Crippen LogP contribution in [0.3, 0.4) is 0 Å². The smallest absolute Gasteiger partial charge is 0.236 e. The first-order chi connectivity index (χ1) is 9.78. The number of hydrogen-bond donors (Lipinski definition) is 2. The maximum atomic E-state index is 11.8. The van der Waals surface area contributed by atoms with Crippen LogP contribution in [0.2, 0.25) is 0 Å². The topological polar surface area (TPSA) is 74.3 Å². The normalized spacial score (nSPS) is 18.4. The van der Waals surface area contributed by atoms with Gasteiger partial charge >= 0.3 is 0 Å². The van der Waals surface area contributed by atoms with Gasteiger partial charge in [-0.05, 0) is 24.5 Å². The van der Waals surface area contributed by atoms with Gasteiger partial charge in [-0.3, -0.25) is 9.59 Å². The second kappa shape index (κ2) is 5.58. The summed E-state index contributed by atoms with van der Waals surface area (Å²) >= 11 is 0. The SMILES string of the molecule is O=Cc1nc2c(cc1CN1CCNCC1=O)CCCN2. The number of anilines is 1. The Morgan fingerprint density at radius 3 is 3.10 bits per heavy atom. The number of aromatic nitrogens is 1. The van der Waals surface area contributed by atoms with Crippen LogP contribution < -0.4 is 10.6 Å². The summed E-state index contributed by atoms with van der Waals surface area (Å²) in [6, 6.07) is 2.02. The van der Waals surface area contributed by atoms with Gasteiger partial charge in [-0.2, -0.15) is 0 Å². The van der Waals surface area contributed by atoms with E-state index in [-0.39, 0.29) is 5.91 Å². The summed E-state index contributed by atoms with van der Waals surface area (Å²) in [4.78, 5) is 29.2. The number of amides is 1. The molecule has 2 aliphatic rings. The molecular weight excluding hydrogens is 256 g/mol. The summed E-state index contributed by atoms with van der Waals surface area (Å²) in [5.41, 5.74) is 2.42. The lowest BCUT2D eigenvalue weighted by Gasteiger charge is -2.28. The van der Waals surface area contributed by atoms with E-state index >= 15 is 0 Å². The van der Waals surface area contributed by atoms with Crippen molar-refractivity contribution < 1.29 is 9.59 Å². The average molecular weight is 274 g/mol. The predicted molar refractivity (Wildman–Crippen MR) is 74.7 cm³/mol. The zero-order chi connectivity index (χ0) is 13.9. The number of aldehydes is 1. The van der Waals surface area contributed by atoms with Crippen LogP contribution in [-0.2, 0) is 17.8 Å². The molecule has 1 aromatic heterocycles. The van der Waals surface area contributed by atoms with Gasteiger partial charge in [0.25, 0.3) is 0 Å². The third-order valence-corrected chi connectivity index (χ3v) is 3.79. The average Bonchev–Trinajstić information content (AvgIpc) is 2.49. The van der Waals surface area contributed by atoms with Crippen LogP contribution in [0, 0.1) is 0 Å². The number of carbonyl (C=O) groups is 2. The molecule has 1 saturated heterocycles. The van der Waals surface area contributed by atoms with Crippen molar-refractivity contribution in [1.82, 2.24) is 15.2 Å². The van der Waals surface area contributed by atoms with Gasteiger partial charge in [0.1, 0.15) is 11.5 Å². The summed E-state index contributed by atoms with van der Waals surface area (Å²) in [6.07, 6.45) is 2.82. The van der Waals surface area contributed by atoms with Crippen LogP contribution in [0.4, 0.5) is 5.82 Å². The Hall–Kier alpha value is -1.95. The Morgan fingerprint density at radius 1 is 1.40 bits per heavy atom. The van der Waals surface area contributed by atoms with Crippen molar-refractivity contribution in [2.45, 2.75) is 19.4 Å². The Balaban J connectivity index is 1.87. The number of carbonyl (C=O) groups excluding carboxylic acids is 2. The fraction of sp³-hybridized carbons (Fsp3) is 0.500. The molecule has 0 aliphatic carbocycles. The second-order valence-corrected chi connectivity index (χ2v) is 5.18. The Bertz CT molecular complexity index is 544. The number of nitrogens with one attached hydrogen (secondary N) is 2. The number of piperazine rings is 1. The number of aryl methyl sites for hydroxylation is 1. The Morgan fingerprint density at radius 2 is 2.30 bits per heavy atom. The van der Waals surface area contributed by atoms with E-state index in [1.807, 2.05) is 6.07 Å². The minimum atomic E-state index is 0.0731. The van der Waals surface area contributed by atoms with Crippen LogP contribution in [0.25, 0.3) is 0 Å². The van der Waals surface area contributed by atoms with E-state index in [0.29, 0.717) is 25.3 Å². The Labute approximate surface area is 117 Å². The molecule has 20 heavy (non-hydrogen) atoms. The van der Waals surface area contributed by atoms with Crippen molar-refractivity contribution in [2.24, 2.45) is 0 Å². The van der Waals surface area contributed by atoms with Crippen molar-refractivity contribution in [3.05, 3.63) is 22.9 Å². The van der Waals surface area contributed by atoms with E-state index in [1.54, 1.807) is 4.90 Å². The molecule has 1 aromatic rings. The molecule has 106 valence electrons. The first kappa shape index (κ1) is 13.1. The lowest BCUT2D eigenvalue weighted by Crippen LogP contribution is -2.47. The second-order valence-electron chi connectivity index (χ2n) is 5.18. The summed E-state index contributed by atoms with van der Waals surface area (Å²) in [5, 5.41) is 6.26. The fourth-order valence-corrected chi connectivity index (χ4v) is 2.69. The third-order valence-electron chi connectivity index (χ3n) is 3.79. The minimum Gasteiger partial charge on any atom is -0.370 e. The first-order valence-corrected chi connectivity index (χ1v) is 6.98. The predicted octanol–water partition coefficient (Wildman–Crippen LogP) is 0.184. The number of pyridine rings is 1. The zero-order valence-corrected chi connectivity index (χ0v) is 11.3. The van der Waals surface area contributed by atoms with E-state index in [0.717, 1.165) is 49.2 Å². The van der Waals surface area contributed by atoms with Gasteiger partial charge in [-0.25, -0.2) is 4.98 Å². The molecule has 0 saturated carbocycles. The summed E-state index contributed by atoms with van der Waals surface area (Å²) < 4.78 is 0. The maximum Gasteiger partial charge on any atom is 0.236 e. The molecule has 2 N–H and O–H groups in total. The van der Waals surface area contributed by atoms with Crippen LogP contribution in [0.15, 0.2) is 6.07 Å². The number of rotatable bonds is 3. The van der Waals surface area contributed by atoms with Crippen molar-refractivity contribution in [2.75, 3.05) is 31.5 Å². The molecule has 3 heterocycles. The molecule has 0 aromatic carbocycles. The van der Waals surface area contributed by atoms with Crippen molar-refractivity contribution in [3.63, 3.8) is 0 Å². The molecule has 1 amide bonds. The molecule has 0 unspecified atom stereocenters. The summed E-state index contributed by atoms with van der Waals surface area (Å²) in [6.45, 7) is 3.20. The van der Waals surface area contributed by atoms with Crippen LogP contribution >= 0.6 is 0 Å². The monoisotopic (exact) mass is 274 g/mol. The maximum absolute atomic E-state index is 11.8. The zero-order valence-electron chi connectivity index (χ0n) is 11.3. The van der Waals surface area contributed by atoms with Gasteiger partial charge in [-0.1, -0.05) is 0 Å². The minimum absolute atomic E-state index is 0.0731. The van der Waals surface area contributed by atoms with Crippen molar-refractivity contribution in [1.29, 1.82) is 0 Å². The highest BCUT2D eigenvalue weighted by Gasteiger charge is 2.21. The molecule has 1 fully saturated rings. The van der Waals surface area contributed by atoms with Gasteiger partial charge in [0.05, 0.1) is 6.54 Å². The molecule has 6 nitrogen and oxygen atoms in total. The van der Waals surface area contributed by atoms with Crippen LogP contribution in [0.1, 0.15) is 28.0 Å². The number of hydrogen-bond acceptors (Lipinski definition) is 5. The number of nitrogens with zero attached hydrogens (tertiary/aromatic N) is 2. The summed E-state index contributed by atoms with van der Waals surface area (Å²) in [5.74, 6) is 0.887. The largest absolute Gasteiger partial charge is 0.370 e. The van der Waals surface area contributed by atoms with Gasteiger partial charge in [0, 0.05) is 31.7 Å². The molecule has 0 atom stereocenters. The lowest BCUT2D eigenvalue weighted by molar-refractivity contribution is -0.132. The van der Waals surface area contributed by atoms with E-state index in [2.05, 4.69) is 15.6 Å².